The molecule has 0 amide bonds. The molecule has 2 rings (SSSR count). The van der Waals surface area contributed by atoms with Crippen molar-refractivity contribution in [3.63, 3.8) is 0 Å². The average Bonchev–Trinajstić information content (AvgIpc) is 2.72. The van der Waals surface area contributed by atoms with E-state index in [1.54, 1.807) is 19.1 Å². The molecule has 2 heterocycles. The third-order valence-electron chi connectivity index (χ3n) is 2.19. The number of nitrogens with zero attached hydrogens (tertiary/aromatic N) is 2. The van der Waals surface area contributed by atoms with Crippen molar-refractivity contribution in [2.24, 2.45) is 0 Å². The Labute approximate surface area is 101 Å². The summed E-state index contributed by atoms with van der Waals surface area (Å²) >= 11 is 0. The highest BCUT2D eigenvalue weighted by atomic mass is 19.4. The minimum atomic E-state index is -4.47. The maximum Gasteiger partial charge on any atom is 0.435 e. The van der Waals surface area contributed by atoms with E-state index in [-0.39, 0.29) is 5.82 Å². The molecule has 18 heavy (non-hydrogen) atoms. The van der Waals surface area contributed by atoms with Crippen LogP contribution < -0.4 is 5.32 Å². The van der Waals surface area contributed by atoms with Gasteiger partial charge in [0.1, 0.15) is 17.3 Å². The first-order valence-corrected chi connectivity index (χ1v) is 5.15. The molecule has 0 aliphatic carbocycles. The first-order valence-electron chi connectivity index (χ1n) is 5.15. The summed E-state index contributed by atoms with van der Waals surface area (Å²) < 4.78 is 42.0. The van der Waals surface area contributed by atoms with E-state index in [4.69, 9.17) is 4.42 Å². The molecule has 0 radical (unpaired) electrons. The highest BCUT2D eigenvalue weighted by Gasteiger charge is 2.32. The lowest BCUT2D eigenvalue weighted by Crippen LogP contribution is -2.10. The largest absolute Gasteiger partial charge is 0.465 e. The molecule has 2 aromatic heterocycles. The number of furan rings is 1. The van der Waals surface area contributed by atoms with Crippen LogP contribution in [0.15, 0.2) is 28.7 Å². The fraction of sp³-hybridized carbons (Fsp3) is 0.273. The van der Waals surface area contributed by atoms with E-state index in [2.05, 4.69) is 15.5 Å². The van der Waals surface area contributed by atoms with Crippen LogP contribution in [0.4, 0.5) is 19.0 Å². The summed E-state index contributed by atoms with van der Waals surface area (Å²) in [5, 5.41) is 9.36. The predicted molar refractivity (Wildman–Crippen MR) is 57.8 cm³/mol. The monoisotopic (exact) mass is 257 g/mol. The van der Waals surface area contributed by atoms with Crippen molar-refractivity contribution in [2.75, 3.05) is 5.32 Å². The van der Waals surface area contributed by atoms with Gasteiger partial charge in [0.05, 0.1) is 6.54 Å². The molecule has 0 bridgehead atoms. The summed E-state index contributed by atoms with van der Waals surface area (Å²) in [4.78, 5) is 0. The third kappa shape index (κ3) is 2.99. The second kappa shape index (κ2) is 4.67. The van der Waals surface area contributed by atoms with Gasteiger partial charge in [-0.3, -0.25) is 0 Å². The number of anilines is 1. The Hall–Kier alpha value is -2.05. The first-order chi connectivity index (χ1) is 8.45. The molecule has 7 heteroatoms. The number of hydrogen-bond acceptors (Lipinski definition) is 4. The number of alkyl halides is 3. The van der Waals surface area contributed by atoms with Crippen molar-refractivity contribution in [1.82, 2.24) is 10.2 Å². The van der Waals surface area contributed by atoms with Crippen LogP contribution in [-0.4, -0.2) is 10.2 Å². The van der Waals surface area contributed by atoms with Crippen LogP contribution in [-0.2, 0) is 12.7 Å². The normalized spacial score (nSPS) is 11.6. The number of aryl methyl sites for hydroxylation is 1. The Morgan fingerprint density at radius 1 is 1.17 bits per heavy atom. The van der Waals surface area contributed by atoms with E-state index in [0.717, 1.165) is 11.8 Å². The van der Waals surface area contributed by atoms with Gasteiger partial charge >= 0.3 is 6.18 Å². The predicted octanol–water partition coefficient (Wildman–Crippen LogP) is 3.01. The van der Waals surface area contributed by atoms with Crippen molar-refractivity contribution in [3.8, 4) is 0 Å². The molecule has 0 aliphatic heterocycles. The lowest BCUT2D eigenvalue weighted by molar-refractivity contribution is -0.141. The standard InChI is InChI=1S/C11H10F3N3O/c1-7-2-3-8(18-7)6-15-10-5-4-9(16-17-10)11(12,13)14/h2-5H,6H2,1H3,(H,15,17). The zero-order chi connectivity index (χ0) is 13.2. The molecule has 0 spiro atoms. The van der Waals surface area contributed by atoms with Gasteiger partial charge in [0.2, 0.25) is 0 Å². The van der Waals surface area contributed by atoms with Crippen LogP contribution in [0, 0.1) is 6.92 Å². The van der Waals surface area contributed by atoms with E-state index in [1.807, 2.05) is 0 Å². The molecule has 96 valence electrons. The van der Waals surface area contributed by atoms with Crippen LogP contribution in [0.25, 0.3) is 0 Å². The van der Waals surface area contributed by atoms with Crippen LogP contribution in [0.1, 0.15) is 17.2 Å². The zero-order valence-corrected chi connectivity index (χ0v) is 9.45. The van der Waals surface area contributed by atoms with E-state index in [0.29, 0.717) is 12.3 Å². The third-order valence-corrected chi connectivity index (χ3v) is 2.19. The summed E-state index contributed by atoms with van der Waals surface area (Å²) in [5.74, 6) is 1.71. The van der Waals surface area contributed by atoms with Crippen molar-refractivity contribution in [3.05, 3.63) is 41.5 Å². The summed E-state index contributed by atoms with van der Waals surface area (Å²) in [6.07, 6.45) is -4.47. The van der Waals surface area contributed by atoms with Crippen LogP contribution in [0.3, 0.4) is 0 Å². The van der Waals surface area contributed by atoms with Gasteiger partial charge in [-0.25, -0.2) is 0 Å². The Balaban J connectivity index is 1.98. The number of hydrogen-bond donors (Lipinski definition) is 1. The maximum absolute atomic E-state index is 12.2. The second-order valence-corrected chi connectivity index (χ2v) is 3.67. The SMILES string of the molecule is Cc1ccc(CNc2ccc(C(F)(F)F)nn2)o1. The van der Waals surface area contributed by atoms with Gasteiger partial charge in [-0.2, -0.15) is 13.2 Å². The topological polar surface area (TPSA) is 51.0 Å². The molecule has 0 aliphatic rings. The van der Waals surface area contributed by atoms with Crippen LogP contribution in [0.5, 0.6) is 0 Å². The van der Waals surface area contributed by atoms with Crippen LogP contribution in [0.2, 0.25) is 0 Å². The number of rotatable bonds is 3. The quantitative estimate of drug-likeness (QED) is 0.918. The fourth-order valence-electron chi connectivity index (χ4n) is 1.34. The number of halogens is 3. The molecule has 0 saturated heterocycles. The summed E-state index contributed by atoms with van der Waals surface area (Å²) in [6.45, 7) is 2.15. The molecular weight excluding hydrogens is 247 g/mol. The molecule has 0 atom stereocenters. The summed E-state index contributed by atoms with van der Waals surface area (Å²) in [7, 11) is 0. The van der Waals surface area contributed by atoms with Crippen LogP contribution >= 0.6 is 0 Å². The van der Waals surface area contributed by atoms with E-state index in [9.17, 15) is 13.2 Å². The minimum Gasteiger partial charge on any atom is -0.465 e. The smallest absolute Gasteiger partial charge is 0.435 e. The highest BCUT2D eigenvalue weighted by Crippen LogP contribution is 2.27. The molecule has 0 aromatic carbocycles. The van der Waals surface area contributed by atoms with Gasteiger partial charge in [0.15, 0.2) is 5.69 Å². The number of aromatic nitrogens is 2. The van der Waals surface area contributed by atoms with Gasteiger partial charge in [-0.1, -0.05) is 0 Å². The Bertz CT molecular complexity index is 519. The lowest BCUT2D eigenvalue weighted by Gasteiger charge is -2.06. The van der Waals surface area contributed by atoms with E-state index >= 15 is 0 Å². The van der Waals surface area contributed by atoms with Crippen molar-refractivity contribution >= 4 is 5.82 Å². The van der Waals surface area contributed by atoms with Gasteiger partial charge in [0, 0.05) is 0 Å². The van der Waals surface area contributed by atoms with Gasteiger partial charge < -0.3 is 9.73 Å². The highest BCUT2D eigenvalue weighted by molar-refractivity contribution is 5.33. The minimum absolute atomic E-state index is 0.261. The first kappa shape index (κ1) is 12.4. The molecule has 0 fully saturated rings. The molecule has 0 saturated carbocycles. The second-order valence-electron chi connectivity index (χ2n) is 3.67. The maximum atomic E-state index is 12.2. The molecular formula is C11H10F3N3O. The number of nitrogens with one attached hydrogen (secondary N) is 1. The van der Waals surface area contributed by atoms with Gasteiger partial charge in [-0.05, 0) is 31.2 Å². The summed E-state index contributed by atoms with van der Waals surface area (Å²) in [5.41, 5.74) is -1.01. The Morgan fingerprint density at radius 3 is 2.44 bits per heavy atom. The Kier molecular flexibility index (Phi) is 3.22. The van der Waals surface area contributed by atoms with Crippen molar-refractivity contribution in [1.29, 1.82) is 0 Å². The van der Waals surface area contributed by atoms with Crippen molar-refractivity contribution < 1.29 is 17.6 Å². The molecule has 4 nitrogen and oxygen atoms in total. The van der Waals surface area contributed by atoms with Gasteiger partial charge in [-0.15, -0.1) is 10.2 Å². The van der Waals surface area contributed by atoms with Crippen molar-refractivity contribution in [2.45, 2.75) is 19.6 Å². The molecule has 0 unspecified atom stereocenters. The summed E-state index contributed by atoms with van der Waals surface area (Å²) in [6, 6.07) is 5.68. The lowest BCUT2D eigenvalue weighted by atomic mass is 10.3. The fourth-order valence-corrected chi connectivity index (χ4v) is 1.34. The van der Waals surface area contributed by atoms with E-state index in [1.165, 1.54) is 6.07 Å². The van der Waals surface area contributed by atoms with E-state index < -0.39 is 11.9 Å². The molecule has 1 N–H and O–H groups in total. The van der Waals surface area contributed by atoms with Gasteiger partial charge in [0.25, 0.3) is 0 Å². The molecule has 2 aromatic rings. The Morgan fingerprint density at radius 2 is 1.94 bits per heavy atom. The zero-order valence-electron chi connectivity index (χ0n) is 9.45. The average molecular weight is 257 g/mol.